The van der Waals surface area contributed by atoms with E-state index in [1.54, 1.807) is 7.11 Å². The van der Waals surface area contributed by atoms with Gasteiger partial charge in [0.15, 0.2) is 0 Å². The molecule has 0 bridgehead atoms. The summed E-state index contributed by atoms with van der Waals surface area (Å²) in [5.74, 6) is 0.977. The molecule has 0 spiro atoms. The number of benzene rings is 1. The number of ether oxygens (including phenoxy) is 1. The smallest absolute Gasteiger partial charge is 0.123 e. The summed E-state index contributed by atoms with van der Waals surface area (Å²) in [6.07, 6.45) is 1.19. The maximum atomic E-state index is 5.43. The monoisotopic (exact) mass is 312 g/mol. The van der Waals surface area contributed by atoms with Crippen molar-refractivity contribution >= 4 is 15.9 Å². The van der Waals surface area contributed by atoms with Crippen molar-refractivity contribution in [3.05, 3.63) is 28.2 Å². The van der Waals surface area contributed by atoms with Crippen LogP contribution in [-0.4, -0.2) is 37.7 Å². The first-order valence-electron chi connectivity index (χ1n) is 6.51. The van der Waals surface area contributed by atoms with Crippen molar-refractivity contribution in [2.24, 2.45) is 0 Å². The van der Waals surface area contributed by atoms with E-state index < -0.39 is 0 Å². The first kappa shape index (κ1) is 13.8. The molecule has 1 heterocycles. The molecule has 1 atom stereocenters. The third-order valence-electron chi connectivity index (χ3n) is 3.47. The van der Waals surface area contributed by atoms with Crippen LogP contribution in [-0.2, 0) is 6.54 Å². The van der Waals surface area contributed by atoms with Crippen molar-refractivity contribution < 1.29 is 4.74 Å². The lowest BCUT2D eigenvalue weighted by Gasteiger charge is -2.33. The van der Waals surface area contributed by atoms with Crippen molar-refractivity contribution in [2.45, 2.75) is 25.9 Å². The Morgan fingerprint density at radius 3 is 3.06 bits per heavy atom. The molecule has 0 amide bonds. The molecule has 1 unspecified atom stereocenters. The number of methoxy groups -OCH3 is 1. The highest BCUT2D eigenvalue weighted by Crippen LogP contribution is 2.24. The predicted molar refractivity (Wildman–Crippen MR) is 78.1 cm³/mol. The van der Waals surface area contributed by atoms with Gasteiger partial charge < -0.3 is 10.1 Å². The summed E-state index contributed by atoms with van der Waals surface area (Å²) in [6.45, 7) is 6.49. The summed E-state index contributed by atoms with van der Waals surface area (Å²) < 4.78 is 6.54. The van der Waals surface area contributed by atoms with Gasteiger partial charge in [-0.05, 0) is 24.6 Å². The Morgan fingerprint density at radius 2 is 2.33 bits per heavy atom. The van der Waals surface area contributed by atoms with Crippen LogP contribution in [0.3, 0.4) is 0 Å². The van der Waals surface area contributed by atoms with E-state index in [0.717, 1.165) is 36.4 Å². The molecule has 0 aromatic heterocycles. The van der Waals surface area contributed by atoms with Crippen molar-refractivity contribution in [3.63, 3.8) is 0 Å². The lowest BCUT2D eigenvalue weighted by Crippen LogP contribution is -2.49. The predicted octanol–water partition coefficient (Wildman–Crippen LogP) is 2.64. The number of rotatable bonds is 4. The molecule has 0 saturated carbocycles. The third-order valence-corrected chi connectivity index (χ3v) is 3.96. The summed E-state index contributed by atoms with van der Waals surface area (Å²) in [4.78, 5) is 2.50. The van der Waals surface area contributed by atoms with E-state index in [9.17, 15) is 0 Å². The fraction of sp³-hybridized carbons (Fsp3) is 0.571. The van der Waals surface area contributed by atoms with Crippen LogP contribution in [0.4, 0.5) is 0 Å². The summed E-state index contributed by atoms with van der Waals surface area (Å²) >= 11 is 3.53. The number of nitrogens with zero attached hydrogens (tertiary/aromatic N) is 1. The van der Waals surface area contributed by atoms with Gasteiger partial charge in [-0.3, -0.25) is 4.90 Å². The lowest BCUT2D eigenvalue weighted by molar-refractivity contribution is 0.188. The maximum Gasteiger partial charge on any atom is 0.123 e. The molecule has 3 nitrogen and oxygen atoms in total. The molecule has 0 radical (unpaired) electrons. The quantitative estimate of drug-likeness (QED) is 0.925. The molecule has 1 N–H and O–H groups in total. The number of halogens is 1. The van der Waals surface area contributed by atoms with Gasteiger partial charge in [-0.1, -0.05) is 22.9 Å². The standard InChI is InChI=1S/C14H21BrN2O/c1-3-13-10-17(7-6-16-13)9-11-8-12(15)4-5-14(11)18-2/h4-5,8,13,16H,3,6-7,9-10H2,1-2H3. The van der Waals surface area contributed by atoms with Gasteiger partial charge in [0.2, 0.25) is 0 Å². The first-order chi connectivity index (χ1) is 8.72. The van der Waals surface area contributed by atoms with Gasteiger partial charge in [-0.25, -0.2) is 0 Å². The Hall–Kier alpha value is -0.580. The maximum absolute atomic E-state index is 5.43. The molecular formula is C14H21BrN2O. The number of nitrogens with one attached hydrogen (secondary N) is 1. The highest BCUT2D eigenvalue weighted by atomic mass is 79.9. The average molecular weight is 313 g/mol. The second-order valence-corrected chi connectivity index (χ2v) is 5.67. The fourth-order valence-corrected chi connectivity index (χ4v) is 2.83. The normalized spacial score (nSPS) is 20.9. The molecule has 1 aromatic carbocycles. The first-order valence-corrected chi connectivity index (χ1v) is 7.30. The zero-order valence-electron chi connectivity index (χ0n) is 11.1. The second kappa shape index (κ2) is 6.55. The van der Waals surface area contributed by atoms with Crippen LogP contribution in [0.25, 0.3) is 0 Å². The van der Waals surface area contributed by atoms with Crippen molar-refractivity contribution in [1.29, 1.82) is 0 Å². The van der Waals surface area contributed by atoms with Gasteiger partial charge in [0.25, 0.3) is 0 Å². The highest BCUT2D eigenvalue weighted by molar-refractivity contribution is 9.10. The molecule has 2 rings (SSSR count). The number of piperazine rings is 1. The summed E-state index contributed by atoms with van der Waals surface area (Å²) in [7, 11) is 1.74. The van der Waals surface area contributed by atoms with Crippen molar-refractivity contribution in [1.82, 2.24) is 10.2 Å². The Balaban J connectivity index is 2.06. The van der Waals surface area contributed by atoms with Gasteiger partial charge in [0, 0.05) is 42.3 Å². The molecule has 1 saturated heterocycles. The van der Waals surface area contributed by atoms with Crippen LogP contribution in [0.2, 0.25) is 0 Å². The van der Waals surface area contributed by atoms with E-state index in [1.165, 1.54) is 12.0 Å². The Morgan fingerprint density at radius 1 is 1.50 bits per heavy atom. The average Bonchev–Trinajstić information content (AvgIpc) is 2.39. The van der Waals surface area contributed by atoms with E-state index in [2.05, 4.69) is 39.1 Å². The summed E-state index contributed by atoms with van der Waals surface area (Å²) in [6, 6.07) is 6.83. The van der Waals surface area contributed by atoms with Crippen molar-refractivity contribution in [2.75, 3.05) is 26.7 Å². The molecule has 1 fully saturated rings. The van der Waals surface area contributed by atoms with Gasteiger partial charge in [0.05, 0.1) is 7.11 Å². The zero-order valence-corrected chi connectivity index (χ0v) is 12.7. The molecule has 18 heavy (non-hydrogen) atoms. The van der Waals surface area contributed by atoms with Crippen LogP contribution in [0.1, 0.15) is 18.9 Å². The van der Waals surface area contributed by atoms with E-state index in [0.29, 0.717) is 6.04 Å². The molecule has 1 aromatic rings. The van der Waals surface area contributed by atoms with Gasteiger partial charge in [0.1, 0.15) is 5.75 Å². The number of hydrogen-bond acceptors (Lipinski definition) is 3. The SMILES string of the molecule is CCC1CN(Cc2cc(Br)ccc2OC)CCN1. The van der Waals surface area contributed by atoms with E-state index >= 15 is 0 Å². The van der Waals surface area contributed by atoms with Crippen LogP contribution in [0.5, 0.6) is 5.75 Å². The zero-order chi connectivity index (χ0) is 13.0. The third kappa shape index (κ3) is 3.46. The van der Waals surface area contributed by atoms with Gasteiger partial charge in [-0.15, -0.1) is 0 Å². The van der Waals surface area contributed by atoms with Crippen molar-refractivity contribution in [3.8, 4) is 5.75 Å². The van der Waals surface area contributed by atoms with Gasteiger partial charge >= 0.3 is 0 Å². The minimum atomic E-state index is 0.622. The van der Waals surface area contributed by atoms with E-state index in [1.807, 2.05) is 12.1 Å². The number of hydrogen-bond donors (Lipinski definition) is 1. The van der Waals surface area contributed by atoms with E-state index in [4.69, 9.17) is 4.74 Å². The highest BCUT2D eigenvalue weighted by Gasteiger charge is 2.18. The van der Waals surface area contributed by atoms with Crippen LogP contribution in [0, 0.1) is 0 Å². The lowest BCUT2D eigenvalue weighted by atomic mass is 10.1. The molecule has 100 valence electrons. The largest absolute Gasteiger partial charge is 0.496 e. The Kier molecular flexibility index (Phi) is 5.03. The van der Waals surface area contributed by atoms with Crippen LogP contribution >= 0.6 is 15.9 Å². The minimum Gasteiger partial charge on any atom is -0.496 e. The molecule has 1 aliphatic heterocycles. The Labute approximate surface area is 118 Å². The second-order valence-electron chi connectivity index (χ2n) is 4.75. The molecule has 4 heteroatoms. The summed E-state index contributed by atoms with van der Waals surface area (Å²) in [5.41, 5.74) is 1.25. The van der Waals surface area contributed by atoms with Gasteiger partial charge in [-0.2, -0.15) is 0 Å². The Bertz CT molecular complexity index is 397. The summed E-state index contributed by atoms with van der Waals surface area (Å²) in [5, 5.41) is 3.54. The van der Waals surface area contributed by atoms with E-state index in [-0.39, 0.29) is 0 Å². The molecular weight excluding hydrogens is 292 g/mol. The fourth-order valence-electron chi connectivity index (χ4n) is 2.42. The molecule has 1 aliphatic rings. The van der Waals surface area contributed by atoms with Crippen LogP contribution < -0.4 is 10.1 Å². The topological polar surface area (TPSA) is 24.5 Å². The minimum absolute atomic E-state index is 0.622. The molecule has 0 aliphatic carbocycles. The van der Waals surface area contributed by atoms with Crippen LogP contribution in [0.15, 0.2) is 22.7 Å².